The van der Waals surface area contributed by atoms with Gasteiger partial charge in [0.2, 0.25) is 0 Å². The molecule has 0 aliphatic rings. The SMILES string of the molecule is Cc1ccncc1NCc1cccc(C#N)c1. The van der Waals surface area contributed by atoms with Crippen molar-refractivity contribution in [2.45, 2.75) is 13.5 Å². The average Bonchev–Trinajstić information content (AvgIpc) is 2.38. The van der Waals surface area contributed by atoms with E-state index in [1.807, 2.05) is 37.4 Å². The van der Waals surface area contributed by atoms with Crippen molar-refractivity contribution in [3.8, 4) is 6.07 Å². The fourth-order valence-corrected chi connectivity index (χ4v) is 1.60. The standard InChI is InChI=1S/C14H13N3/c1-11-5-6-16-10-14(11)17-9-13-4-2-3-12(7-13)8-15/h2-7,10,17H,9H2,1H3. The molecule has 0 aliphatic carbocycles. The summed E-state index contributed by atoms with van der Waals surface area (Å²) in [5.74, 6) is 0. The lowest BCUT2D eigenvalue weighted by atomic mass is 10.1. The van der Waals surface area contributed by atoms with Crippen LogP contribution in [0.4, 0.5) is 5.69 Å². The Hall–Kier alpha value is -2.34. The molecule has 0 spiro atoms. The van der Waals surface area contributed by atoms with Crippen LogP contribution in [0.25, 0.3) is 0 Å². The minimum atomic E-state index is 0.687. The molecule has 0 aliphatic heterocycles. The minimum Gasteiger partial charge on any atom is -0.380 e. The van der Waals surface area contributed by atoms with E-state index < -0.39 is 0 Å². The number of nitrogens with zero attached hydrogens (tertiary/aromatic N) is 2. The molecule has 0 saturated carbocycles. The molecule has 0 fully saturated rings. The molecule has 1 aromatic carbocycles. The first kappa shape index (κ1) is 11.2. The summed E-state index contributed by atoms with van der Waals surface area (Å²) in [7, 11) is 0. The Bertz CT molecular complexity index is 555. The number of rotatable bonds is 3. The third kappa shape index (κ3) is 2.82. The quantitative estimate of drug-likeness (QED) is 0.870. The average molecular weight is 223 g/mol. The highest BCUT2D eigenvalue weighted by atomic mass is 14.9. The Kier molecular flexibility index (Phi) is 3.37. The zero-order valence-corrected chi connectivity index (χ0v) is 9.64. The molecule has 84 valence electrons. The molecule has 0 bridgehead atoms. The number of hydrogen-bond acceptors (Lipinski definition) is 3. The van der Waals surface area contributed by atoms with Gasteiger partial charge in [-0.1, -0.05) is 12.1 Å². The Morgan fingerprint density at radius 2 is 2.24 bits per heavy atom. The lowest BCUT2D eigenvalue weighted by molar-refractivity contribution is 1.12. The van der Waals surface area contributed by atoms with E-state index in [0.29, 0.717) is 12.1 Å². The van der Waals surface area contributed by atoms with E-state index in [2.05, 4.69) is 16.4 Å². The van der Waals surface area contributed by atoms with Crippen LogP contribution < -0.4 is 5.32 Å². The zero-order valence-electron chi connectivity index (χ0n) is 9.64. The number of benzene rings is 1. The first-order valence-corrected chi connectivity index (χ1v) is 5.43. The second-order valence-corrected chi connectivity index (χ2v) is 3.86. The molecule has 1 N–H and O–H groups in total. The van der Waals surface area contributed by atoms with E-state index >= 15 is 0 Å². The molecule has 0 saturated heterocycles. The third-order valence-electron chi connectivity index (χ3n) is 2.58. The lowest BCUT2D eigenvalue weighted by Gasteiger charge is -2.08. The van der Waals surface area contributed by atoms with E-state index in [1.165, 1.54) is 0 Å². The highest BCUT2D eigenvalue weighted by molar-refractivity contribution is 5.48. The maximum Gasteiger partial charge on any atom is 0.0991 e. The van der Waals surface area contributed by atoms with Crippen molar-refractivity contribution >= 4 is 5.69 Å². The number of hydrogen-bond donors (Lipinski definition) is 1. The largest absolute Gasteiger partial charge is 0.380 e. The van der Waals surface area contributed by atoms with Crippen molar-refractivity contribution in [2.75, 3.05) is 5.32 Å². The molecule has 3 heteroatoms. The molecule has 0 amide bonds. The van der Waals surface area contributed by atoms with Crippen molar-refractivity contribution in [1.82, 2.24) is 4.98 Å². The molecule has 0 radical (unpaired) electrons. The van der Waals surface area contributed by atoms with Crippen LogP contribution in [-0.4, -0.2) is 4.98 Å². The van der Waals surface area contributed by atoms with Gasteiger partial charge >= 0.3 is 0 Å². The van der Waals surface area contributed by atoms with Gasteiger partial charge in [-0.05, 0) is 36.2 Å². The van der Waals surface area contributed by atoms with Gasteiger partial charge in [-0.2, -0.15) is 5.26 Å². The minimum absolute atomic E-state index is 0.687. The summed E-state index contributed by atoms with van der Waals surface area (Å²) in [4.78, 5) is 4.08. The second kappa shape index (κ2) is 5.13. The first-order chi connectivity index (χ1) is 8.29. The molecule has 2 rings (SSSR count). The number of anilines is 1. The normalized spacial score (nSPS) is 9.65. The molecular formula is C14H13N3. The van der Waals surface area contributed by atoms with Gasteiger partial charge in [0.25, 0.3) is 0 Å². The molecule has 17 heavy (non-hydrogen) atoms. The van der Waals surface area contributed by atoms with Gasteiger partial charge in [0, 0.05) is 12.7 Å². The first-order valence-electron chi connectivity index (χ1n) is 5.43. The van der Waals surface area contributed by atoms with Gasteiger partial charge in [0.1, 0.15) is 0 Å². The summed E-state index contributed by atoms with van der Waals surface area (Å²) < 4.78 is 0. The van der Waals surface area contributed by atoms with Crippen LogP contribution in [0.3, 0.4) is 0 Å². The summed E-state index contributed by atoms with van der Waals surface area (Å²) in [6.45, 7) is 2.73. The smallest absolute Gasteiger partial charge is 0.0991 e. The van der Waals surface area contributed by atoms with E-state index in [4.69, 9.17) is 5.26 Å². The number of aryl methyl sites for hydroxylation is 1. The molecule has 2 aromatic rings. The van der Waals surface area contributed by atoms with Crippen LogP contribution in [0.1, 0.15) is 16.7 Å². The van der Waals surface area contributed by atoms with Gasteiger partial charge in [-0.3, -0.25) is 4.98 Å². The van der Waals surface area contributed by atoms with E-state index in [9.17, 15) is 0 Å². The molecule has 1 aromatic heterocycles. The summed E-state index contributed by atoms with van der Waals surface area (Å²) in [6, 6.07) is 11.7. The van der Waals surface area contributed by atoms with E-state index in [0.717, 1.165) is 16.8 Å². The Balaban J connectivity index is 2.08. The number of nitrogens with one attached hydrogen (secondary N) is 1. The van der Waals surface area contributed by atoms with Gasteiger partial charge < -0.3 is 5.32 Å². The highest BCUT2D eigenvalue weighted by Gasteiger charge is 1.98. The summed E-state index contributed by atoms with van der Waals surface area (Å²) >= 11 is 0. The Morgan fingerprint density at radius 1 is 1.35 bits per heavy atom. The van der Waals surface area contributed by atoms with Crippen molar-refractivity contribution < 1.29 is 0 Å². The maximum absolute atomic E-state index is 8.81. The second-order valence-electron chi connectivity index (χ2n) is 3.86. The molecule has 1 heterocycles. The Morgan fingerprint density at radius 3 is 3.00 bits per heavy atom. The van der Waals surface area contributed by atoms with Crippen LogP contribution in [0.5, 0.6) is 0 Å². The molecule has 3 nitrogen and oxygen atoms in total. The fraction of sp³-hybridized carbons (Fsp3) is 0.143. The van der Waals surface area contributed by atoms with Gasteiger partial charge in [-0.25, -0.2) is 0 Å². The van der Waals surface area contributed by atoms with Crippen LogP contribution in [0, 0.1) is 18.3 Å². The number of pyridine rings is 1. The molecule has 0 atom stereocenters. The maximum atomic E-state index is 8.81. The monoisotopic (exact) mass is 223 g/mol. The van der Waals surface area contributed by atoms with Crippen molar-refractivity contribution in [3.05, 3.63) is 59.4 Å². The van der Waals surface area contributed by atoms with E-state index in [1.54, 1.807) is 12.3 Å². The highest BCUT2D eigenvalue weighted by Crippen LogP contribution is 2.13. The Labute approximate surface area is 101 Å². The predicted molar refractivity (Wildman–Crippen MR) is 67.5 cm³/mol. The third-order valence-corrected chi connectivity index (χ3v) is 2.58. The van der Waals surface area contributed by atoms with Crippen LogP contribution in [-0.2, 0) is 6.54 Å². The fourth-order valence-electron chi connectivity index (χ4n) is 1.60. The van der Waals surface area contributed by atoms with Crippen molar-refractivity contribution in [1.29, 1.82) is 5.26 Å². The number of nitriles is 1. The van der Waals surface area contributed by atoms with Crippen molar-refractivity contribution in [2.24, 2.45) is 0 Å². The van der Waals surface area contributed by atoms with E-state index in [-0.39, 0.29) is 0 Å². The molecular weight excluding hydrogens is 210 g/mol. The lowest BCUT2D eigenvalue weighted by Crippen LogP contribution is -2.01. The summed E-state index contributed by atoms with van der Waals surface area (Å²) in [5, 5.41) is 12.1. The van der Waals surface area contributed by atoms with Crippen molar-refractivity contribution in [3.63, 3.8) is 0 Å². The van der Waals surface area contributed by atoms with Gasteiger partial charge in [-0.15, -0.1) is 0 Å². The summed E-state index contributed by atoms with van der Waals surface area (Å²) in [5.41, 5.74) is 3.96. The zero-order chi connectivity index (χ0) is 12.1. The van der Waals surface area contributed by atoms with Crippen LogP contribution >= 0.6 is 0 Å². The van der Waals surface area contributed by atoms with Crippen LogP contribution in [0.15, 0.2) is 42.7 Å². The number of aromatic nitrogens is 1. The van der Waals surface area contributed by atoms with Crippen LogP contribution in [0.2, 0.25) is 0 Å². The topological polar surface area (TPSA) is 48.7 Å². The predicted octanol–water partition coefficient (Wildman–Crippen LogP) is 2.87. The summed E-state index contributed by atoms with van der Waals surface area (Å²) in [6.07, 6.45) is 3.58. The molecule has 0 unspecified atom stereocenters. The van der Waals surface area contributed by atoms with Gasteiger partial charge in [0.05, 0.1) is 23.5 Å². The van der Waals surface area contributed by atoms with Gasteiger partial charge in [0.15, 0.2) is 0 Å².